The third-order valence-electron chi connectivity index (χ3n) is 4.80. The number of amides is 1. The van der Waals surface area contributed by atoms with E-state index in [1.807, 2.05) is 0 Å². The molecule has 0 aliphatic carbocycles. The Hall–Kier alpha value is -2.50. The van der Waals surface area contributed by atoms with Crippen molar-refractivity contribution >= 4 is 38.3 Å². The third-order valence-corrected chi connectivity index (χ3v) is 5.57. The van der Waals surface area contributed by atoms with Gasteiger partial charge in [0.05, 0.1) is 11.3 Å². The van der Waals surface area contributed by atoms with E-state index in [-0.39, 0.29) is 0 Å². The molecule has 29 heavy (non-hydrogen) atoms. The molecule has 0 radical (unpaired) electrons. The Morgan fingerprint density at radius 2 is 1.97 bits per heavy atom. The summed E-state index contributed by atoms with van der Waals surface area (Å²) in [5, 5.41) is 33.8. The van der Waals surface area contributed by atoms with E-state index in [0.717, 1.165) is 11.3 Å². The molecule has 1 amide bonds. The Bertz CT molecular complexity index is 1110. The van der Waals surface area contributed by atoms with Gasteiger partial charge >= 0.3 is 4.94 Å². The second kappa shape index (κ2) is 7.73. The highest BCUT2D eigenvalue weighted by Gasteiger charge is 2.46. The number of rotatable bonds is 4. The van der Waals surface area contributed by atoms with Gasteiger partial charge in [0.2, 0.25) is 12.2 Å². The summed E-state index contributed by atoms with van der Waals surface area (Å²) in [5.74, 6) is -0.111. The number of carbonyl (C=O) groups excluding carboxylic acids is 1. The standard InChI is InChI=1S/C19H19NO8S/c1-8(22)20-14-16(24)15(23)12(7-21)27-18(14)26-11-6-13-17(28-19(25)29-13)10-5-3-2-4-9(10)11/h2-6,12,14-16,18,21,23-24H,7H2,1H3,(H,20,22)/t12-,14-,15+,16+,18+/m1/s1. The van der Waals surface area contributed by atoms with E-state index in [1.54, 1.807) is 30.3 Å². The predicted molar refractivity (Wildman–Crippen MR) is 104 cm³/mol. The van der Waals surface area contributed by atoms with E-state index in [1.165, 1.54) is 6.92 Å². The first-order valence-corrected chi connectivity index (χ1v) is 9.72. The van der Waals surface area contributed by atoms with Crippen molar-refractivity contribution in [2.24, 2.45) is 0 Å². The van der Waals surface area contributed by atoms with Crippen LogP contribution in [0.25, 0.3) is 21.1 Å². The summed E-state index contributed by atoms with van der Waals surface area (Å²) in [6.45, 7) is 0.715. The number of benzene rings is 2. The number of carbonyl (C=O) groups is 1. The van der Waals surface area contributed by atoms with E-state index in [9.17, 15) is 24.9 Å². The van der Waals surface area contributed by atoms with Crippen molar-refractivity contribution in [3.63, 3.8) is 0 Å². The smallest absolute Gasteiger partial charge is 0.396 e. The number of nitrogens with one attached hydrogen (secondary N) is 1. The minimum Gasteiger partial charge on any atom is -0.462 e. The van der Waals surface area contributed by atoms with Crippen LogP contribution in [0.3, 0.4) is 0 Å². The van der Waals surface area contributed by atoms with Crippen LogP contribution in [0, 0.1) is 0 Å². The fraction of sp³-hybridized carbons (Fsp3) is 0.368. The van der Waals surface area contributed by atoms with Crippen molar-refractivity contribution in [2.45, 2.75) is 37.6 Å². The maximum absolute atomic E-state index is 11.7. The first-order chi connectivity index (χ1) is 13.9. The Morgan fingerprint density at radius 1 is 1.24 bits per heavy atom. The van der Waals surface area contributed by atoms with E-state index in [4.69, 9.17) is 13.9 Å². The van der Waals surface area contributed by atoms with Gasteiger partial charge < -0.3 is 34.5 Å². The average molecular weight is 421 g/mol. The zero-order valence-electron chi connectivity index (χ0n) is 15.3. The Morgan fingerprint density at radius 3 is 2.66 bits per heavy atom. The number of hydrogen-bond acceptors (Lipinski definition) is 9. The molecule has 10 heteroatoms. The molecular formula is C19H19NO8S. The molecule has 2 heterocycles. The van der Waals surface area contributed by atoms with Crippen molar-refractivity contribution in [3.05, 3.63) is 40.1 Å². The van der Waals surface area contributed by atoms with Crippen molar-refractivity contribution in [3.8, 4) is 5.75 Å². The number of fused-ring (bicyclic) bond motifs is 3. The van der Waals surface area contributed by atoms with Gasteiger partial charge in [-0.1, -0.05) is 35.6 Å². The molecule has 1 fully saturated rings. The molecule has 1 saturated heterocycles. The maximum atomic E-state index is 11.7. The molecule has 0 bridgehead atoms. The zero-order valence-corrected chi connectivity index (χ0v) is 16.1. The highest BCUT2D eigenvalue weighted by molar-refractivity contribution is 7.16. The molecule has 1 aliphatic heterocycles. The Kier molecular flexibility index (Phi) is 5.28. The second-order valence-corrected chi connectivity index (χ2v) is 7.73. The van der Waals surface area contributed by atoms with Crippen LogP contribution >= 0.6 is 11.3 Å². The fourth-order valence-corrected chi connectivity index (χ4v) is 4.17. The molecule has 3 aromatic rings. The van der Waals surface area contributed by atoms with Gasteiger partial charge in [0.25, 0.3) is 0 Å². The topological polar surface area (TPSA) is 138 Å². The van der Waals surface area contributed by atoms with Crippen molar-refractivity contribution in [1.82, 2.24) is 5.32 Å². The second-order valence-electron chi connectivity index (χ2n) is 6.75. The Labute approximate surface area is 168 Å². The summed E-state index contributed by atoms with van der Waals surface area (Å²) < 4.78 is 17.5. The molecular weight excluding hydrogens is 402 g/mol. The van der Waals surface area contributed by atoms with Gasteiger partial charge in [-0.25, -0.2) is 4.79 Å². The summed E-state index contributed by atoms with van der Waals surface area (Å²) in [6, 6.07) is 7.67. The molecule has 0 unspecified atom stereocenters. The normalized spacial score (nSPS) is 27.2. The molecule has 1 aromatic heterocycles. The van der Waals surface area contributed by atoms with Crippen LogP contribution in [0.1, 0.15) is 6.92 Å². The minimum absolute atomic E-state index is 0.339. The van der Waals surface area contributed by atoms with Gasteiger partial charge in [-0.15, -0.1) is 0 Å². The van der Waals surface area contributed by atoms with Gasteiger partial charge in [0.1, 0.15) is 30.1 Å². The summed E-state index contributed by atoms with van der Waals surface area (Å²) in [5.41, 5.74) is 0.439. The molecule has 9 nitrogen and oxygen atoms in total. The number of ether oxygens (including phenoxy) is 2. The van der Waals surface area contributed by atoms with Crippen LogP contribution in [0.5, 0.6) is 5.75 Å². The number of aliphatic hydroxyl groups is 3. The molecule has 5 atom stereocenters. The van der Waals surface area contributed by atoms with Crippen LogP contribution < -0.4 is 15.0 Å². The lowest BCUT2D eigenvalue weighted by Gasteiger charge is -2.42. The number of aliphatic hydroxyl groups excluding tert-OH is 3. The van der Waals surface area contributed by atoms with E-state index in [0.29, 0.717) is 26.8 Å². The van der Waals surface area contributed by atoms with Gasteiger partial charge in [-0.2, -0.15) is 0 Å². The zero-order chi connectivity index (χ0) is 20.7. The van der Waals surface area contributed by atoms with Crippen molar-refractivity contribution in [2.75, 3.05) is 6.61 Å². The maximum Gasteiger partial charge on any atom is 0.396 e. The first kappa shape index (κ1) is 19.8. The van der Waals surface area contributed by atoms with Crippen LogP contribution in [0.2, 0.25) is 0 Å². The molecule has 0 saturated carbocycles. The highest BCUT2D eigenvalue weighted by Crippen LogP contribution is 2.36. The third kappa shape index (κ3) is 3.61. The molecule has 2 aromatic carbocycles. The molecule has 4 rings (SSSR count). The minimum atomic E-state index is -1.42. The van der Waals surface area contributed by atoms with Crippen LogP contribution in [0.4, 0.5) is 0 Å². The largest absolute Gasteiger partial charge is 0.462 e. The van der Waals surface area contributed by atoms with Crippen molar-refractivity contribution < 1.29 is 34.0 Å². The van der Waals surface area contributed by atoms with Crippen LogP contribution in [-0.2, 0) is 9.53 Å². The van der Waals surface area contributed by atoms with Gasteiger partial charge in [0.15, 0.2) is 5.58 Å². The van der Waals surface area contributed by atoms with Crippen LogP contribution in [-0.4, -0.2) is 58.5 Å². The van der Waals surface area contributed by atoms with Crippen LogP contribution in [0.15, 0.2) is 39.5 Å². The lowest BCUT2D eigenvalue weighted by molar-refractivity contribution is -0.244. The SMILES string of the molecule is CC(=O)N[C@H]1[C@@H](Oc2cc3sc(=O)oc3c3ccccc23)O[C@H](CO)[C@H](O)[C@H]1O. The van der Waals surface area contributed by atoms with E-state index >= 15 is 0 Å². The predicted octanol–water partition coefficient (Wildman–Crippen LogP) is 0.330. The lowest BCUT2D eigenvalue weighted by Crippen LogP contribution is -2.65. The summed E-state index contributed by atoms with van der Waals surface area (Å²) in [6.07, 6.45) is -5.12. The first-order valence-electron chi connectivity index (χ1n) is 8.90. The monoisotopic (exact) mass is 421 g/mol. The summed E-state index contributed by atoms with van der Waals surface area (Å²) in [4.78, 5) is 22.9. The van der Waals surface area contributed by atoms with Gasteiger partial charge in [-0.05, 0) is 0 Å². The van der Waals surface area contributed by atoms with Gasteiger partial charge in [0, 0.05) is 23.8 Å². The lowest BCUT2D eigenvalue weighted by atomic mass is 9.97. The summed E-state index contributed by atoms with van der Waals surface area (Å²) in [7, 11) is 0. The molecule has 1 aliphatic rings. The fourth-order valence-electron chi connectivity index (χ4n) is 3.46. The van der Waals surface area contributed by atoms with E-state index in [2.05, 4.69) is 5.32 Å². The van der Waals surface area contributed by atoms with E-state index < -0.39 is 48.1 Å². The summed E-state index contributed by atoms with van der Waals surface area (Å²) >= 11 is 0.918. The molecule has 154 valence electrons. The Balaban J connectivity index is 1.78. The molecule has 4 N–H and O–H groups in total. The highest BCUT2D eigenvalue weighted by atomic mass is 32.1. The quantitative estimate of drug-likeness (QED) is 0.473. The average Bonchev–Trinajstić information content (AvgIpc) is 3.07. The number of hydrogen-bond donors (Lipinski definition) is 4. The van der Waals surface area contributed by atoms with Crippen molar-refractivity contribution in [1.29, 1.82) is 0 Å². The molecule has 0 spiro atoms. The van der Waals surface area contributed by atoms with Gasteiger partial charge in [-0.3, -0.25) is 4.79 Å².